The van der Waals surface area contributed by atoms with E-state index in [4.69, 9.17) is 0 Å². The molecule has 0 aliphatic heterocycles. The second-order valence-corrected chi connectivity index (χ2v) is 9.50. The fourth-order valence-electron chi connectivity index (χ4n) is 4.54. The van der Waals surface area contributed by atoms with Gasteiger partial charge in [-0.2, -0.15) is 0 Å². The van der Waals surface area contributed by atoms with Crippen LogP contribution in [0.2, 0.25) is 0 Å². The lowest BCUT2D eigenvalue weighted by Crippen LogP contribution is -2.52. The molecule has 1 N–H and O–H groups in total. The summed E-state index contributed by atoms with van der Waals surface area (Å²) in [5.74, 6) is 0.633. The molecule has 3 rings (SSSR count). The second-order valence-electron chi connectivity index (χ2n) is 7.78. The van der Waals surface area contributed by atoms with Crippen LogP contribution < -0.4 is 4.72 Å². The minimum atomic E-state index is -3.44. The molecule has 116 valence electrons. The molecule has 0 radical (unpaired) electrons. The Labute approximate surface area is 128 Å². The number of nitrogens with one attached hydrogen (secondary N) is 1. The van der Waals surface area contributed by atoms with Gasteiger partial charge in [0, 0.05) is 6.04 Å². The summed E-state index contributed by atoms with van der Waals surface area (Å²) >= 11 is 0. The van der Waals surface area contributed by atoms with Crippen LogP contribution in [-0.4, -0.2) is 14.5 Å². The fraction of sp³-hybridized carbons (Fsp3) is 0.647. The molecule has 0 amide bonds. The predicted molar refractivity (Wildman–Crippen MR) is 84.5 cm³/mol. The Hall–Kier alpha value is -0.870. The van der Waals surface area contributed by atoms with Gasteiger partial charge >= 0.3 is 0 Å². The molecule has 3 atom stereocenters. The molecule has 2 bridgehead atoms. The number of benzene rings is 1. The van der Waals surface area contributed by atoms with Gasteiger partial charge in [0.2, 0.25) is 10.0 Å². The van der Waals surface area contributed by atoms with Crippen molar-refractivity contribution in [2.75, 3.05) is 0 Å². The van der Waals surface area contributed by atoms with Crippen molar-refractivity contribution in [3.05, 3.63) is 29.8 Å². The summed E-state index contributed by atoms with van der Waals surface area (Å²) in [6.07, 6.45) is 3.50. The molecule has 4 heteroatoms. The largest absolute Gasteiger partial charge is 0.240 e. The highest BCUT2D eigenvalue weighted by Crippen LogP contribution is 2.62. The number of hydrogen-bond donors (Lipinski definition) is 1. The highest BCUT2D eigenvalue weighted by molar-refractivity contribution is 7.89. The monoisotopic (exact) mass is 307 g/mol. The number of fused-ring (bicyclic) bond motifs is 2. The quantitative estimate of drug-likeness (QED) is 0.929. The van der Waals surface area contributed by atoms with Gasteiger partial charge in [-0.3, -0.25) is 0 Å². The molecule has 2 aliphatic rings. The Bertz CT molecular complexity index is 643. The van der Waals surface area contributed by atoms with E-state index < -0.39 is 10.0 Å². The summed E-state index contributed by atoms with van der Waals surface area (Å²) in [6, 6.07) is 7.11. The SMILES string of the molecule is Cc1ccc(S(=O)(=O)NC2C(C)(C)C3CC[C@]2(C)C3)cc1. The van der Waals surface area contributed by atoms with Gasteiger partial charge in [0.1, 0.15) is 0 Å². The number of hydrogen-bond acceptors (Lipinski definition) is 2. The lowest BCUT2D eigenvalue weighted by Gasteiger charge is -2.42. The normalized spacial score (nSPS) is 34.3. The van der Waals surface area contributed by atoms with E-state index in [1.807, 2.05) is 19.1 Å². The van der Waals surface area contributed by atoms with Crippen LogP contribution in [0, 0.1) is 23.7 Å². The van der Waals surface area contributed by atoms with Crippen molar-refractivity contribution < 1.29 is 8.42 Å². The Morgan fingerprint density at radius 1 is 1.14 bits per heavy atom. The third-order valence-electron chi connectivity index (χ3n) is 5.87. The van der Waals surface area contributed by atoms with E-state index in [0.717, 1.165) is 18.4 Å². The van der Waals surface area contributed by atoms with E-state index in [0.29, 0.717) is 10.8 Å². The Balaban J connectivity index is 1.91. The van der Waals surface area contributed by atoms with Crippen molar-refractivity contribution in [2.24, 2.45) is 16.7 Å². The molecule has 21 heavy (non-hydrogen) atoms. The van der Waals surface area contributed by atoms with E-state index in [9.17, 15) is 8.42 Å². The zero-order chi connectivity index (χ0) is 15.5. The van der Waals surface area contributed by atoms with Crippen LogP contribution in [0.1, 0.15) is 45.6 Å². The molecule has 2 fully saturated rings. The predicted octanol–water partition coefficient (Wildman–Crippen LogP) is 3.49. The molecule has 3 nitrogen and oxygen atoms in total. The third-order valence-corrected chi connectivity index (χ3v) is 7.31. The zero-order valence-electron chi connectivity index (χ0n) is 13.3. The van der Waals surface area contributed by atoms with Gasteiger partial charge in [-0.15, -0.1) is 0 Å². The minimum Gasteiger partial charge on any atom is -0.207 e. The van der Waals surface area contributed by atoms with E-state index in [-0.39, 0.29) is 16.9 Å². The van der Waals surface area contributed by atoms with Crippen LogP contribution in [0.25, 0.3) is 0 Å². The van der Waals surface area contributed by atoms with Crippen LogP contribution >= 0.6 is 0 Å². The van der Waals surface area contributed by atoms with Gasteiger partial charge in [-0.1, -0.05) is 38.5 Å². The molecule has 2 saturated carbocycles. The van der Waals surface area contributed by atoms with Crippen molar-refractivity contribution in [1.29, 1.82) is 0 Å². The first-order valence-electron chi connectivity index (χ1n) is 7.74. The average Bonchev–Trinajstić information content (AvgIpc) is 2.87. The summed E-state index contributed by atoms with van der Waals surface area (Å²) in [5.41, 5.74) is 1.21. The van der Waals surface area contributed by atoms with Crippen molar-refractivity contribution >= 4 is 10.0 Å². The van der Waals surface area contributed by atoms with E-state index in [1.165, 1.54) is 6.42 Å². The smallest absolute Gasteiger partial charge is 0.207 e. The van der Waals surface area contributed by atoms with Crippen LogP contribution in [-0.2, 0) is 10.0 Å². The van der Waals surface area contributed by atoms with Gasteiger partial charge in [-0.05, 0) is 55.1 Å². The molecular formula is C17H25NO2S. The van der Waals surface area contributed by atoms with Crippen LogP contribution in [0.15, 0.2) is 29.2 Å². The molecule has 1 aromatic rings. The molecular weight excluding hydrogens is 282 g/mol. The summed E-state index contributed by atoms with van der Waals surface area (Å²) < 4.78 is 28.4. The van der Waals surface area contributed by atoms with E-state index >= 15 is 0 Å². The van der Waals surface area contributed by atoms with Gasteiger partial charge in [0.05, 0.1) is 4.90 Å². The maximum Gasteiger partial charge on any atom is 0.240 e. The first kappa shape index (κ1) is 15.0. The average molecular weight is 307 g/mol. The maximum absolute atomic E-state index is 12.7. The van der Waals surface area contributed by atoms with E-state index in [2.05, 4.69) is 25.5 Å². The Kier molecular flexibility index (Phi) is 3.27. The van der Waals surface area contributed by atoms with Gasteiger partial charge < -0.3 is 0 Å². The highest BCUT2D eigenvalue weighted by atomic mass is 32.2. The molecule has 2 aliphatic carbocycles. The first-order chi connectivity index (χ1) is 9.65. The standard InChI is InChI=1S/C17H25NO2S/c1-12-5-7-14(8-6-12)21(19,20)18-15-16(2,3)13-9-10-17(15,4)11-13/h5-8,13,15,18H,9-11H2,1-4H3/t13?,15?,17-/m1/s1. The molecule has 0 aromatic heterocycles. The maximum atomic E-state index is 12.7. The number of aryl methyl sites for hydroxylation is 1. The lowest BCUT2D eigenvalue weighted by molar-refractivity contribution is 0.127. The molecule has 0 spiro atoms. The van der Waals surface area contributed by atoms with Crippen molar-refractivity contribution in [3.63, 3.8) is 0 Å². The van der Waals surface area contributed by atoms with Gasteiger partial charge in [0.15, 0.2) is 0 Å². The Morgan fingerprint density at radius 3 is 2.29 bits per heavy atom. The highest BCUT2D eigenvalue weighted by Gasteiger charge is 2.60. The topological polar surface area (TPSA) is 46.2 Å². The molecule has 0 saturated heterocycles. The Morgan fingerprint density at radius 2 is 1.76 bits per heavy atom. The van der Waals surface area contributed by atoms with Crippen LogP contribution in [0.3, 0.4) is 0 Å². The summed E-state index contributed by atoms with van der Waals surface area (Å²) in [4.78, 5) is 0.371. The summed E-state index contributed by atoms with van der Waals surface area (Å²) in [6.45, 7) is 8.63. The van der Waals surface area contributed by atoms with Crippen molar-refractivity contribution in [2.45, 2.75) is 57.9 Å². The van der Waals surface area contributed by atoms with Crippen LogP contribution in [0.5, 0.6) is 0 Å². The molecule has 2 unspecified atom stereocenters. The van der Waals surface area contributed by atoms with Crippen LogP contribution in [0.4, 0.5) is 0 Å². The molecule has 1 aromatic carbocycles. The lowest BCUT2D eigenvalue weighted by atomic mass is 9.69. The third kappa shape index (κ3) is 2.33. The first-order valence-corrected chi connectivity index (χ1v) is 9.22. The van der Waals surface area contributed by atoms with Gasteiger partial charge in [-0.25, -0.2) is 13.1 Å². The fourth-order valence-corrected chi connectivity index (χ4v) is 6.07. The van der Waals surface area contributed by atoms with E-state index in [1.54, 1.807) is 12.1 Å². The number of rotatable bonds is 3. The van der Waals surface area contributed by atoms with Gasteiger partial charge in [0.25, 0.3) is 0 Å². The number of sulfonamides is 1. The summed E-state index contributed by atoms with van der Waals surface area (Å²) in [5, 5.41) is 0. The van der Waals surface area contributed by atoms with Crippen molar-refractivity contribution in [3.8, 4) is 0 Å². The molecule has 0 heterocycles. The zero-order valence-corrected chi connectivity index (χ0v) is 14.1. The summed E-state index contributed by atoms with van der Waals surface area (Å²) in [7, 11) is -3.44. The minimum absolute atomic E-state index is 0.0232. The second kappa shape index (κ2) is 4.56. The van der Waals surface area contributed by atoms with Crippen molar-refractivity contribution in [1.82, 2.24) is 4.72 Å².